The largest absolute Gasteiger partial charge is 0.329 e. The molecule has 0 aliphatic heterocycles. The quantitative estimate of drug-likeness (QED) is 0.788. The van der Waals surface area contributed by atoms with Crippen LogP contribution in [0.2, 0.25) is 0 Å². The minimum atomic E-state index is 0.0792. The van der Waals surface area contributed by atoms with E-state index in [1.54, 1.807) is 0 Å². The summed E-state index contributed by atoms with van der Waals surface area (Å²) >= 11 is 0. The van der Waals surface area contributed by atoms with Crippen molar-refractivity contribution in [2.45, 2.75) is 32.4 Å². The highest BCUT2D eigenvalue weighted by molar-refractivity contribution is 5.04. The lowest BCUT2D eigenvalue weighted by Crippen LogP contribution is -2.48. The van der Waals surface area contributed by atoms with E-state index in [4.69, 9.17) is 5.73 Å². The van der Waals surface area contributed by atoms with E-state index in [9.17, 15) is 0 Å². The van der Waals surface area contributed by atoms with E-state index >= 15 is 0 Å². The van der Waals surface area contributed by atoms with Gasteiger partial charge in [-0.15, -0.1) is 0 Å². The van der Waals surface area contributed by atoms with Crippen molar-refractivity contribution in [2.75, 3.05) is 13.6 Å². The molecule has 0 saturated heterocycles. The first-order valence-corrected chi connectivity index (χ1v) is 5.40. The monoisotopic (exact) mass is 210 g/mol. The summed E-state index contributed by atoms with van der Waals surface area (Å²) in [5.41, 5.74) is 7.12. The van der Waals surface area contributed by atoms with Gasteiger partial charge >= 0.3 is 0 Å². The van der Waals surface area contributed by atoms with Crippen molar-refractivity contribution in [1.82, 2.24) is 14.7 Å². The van der Waals surface area contributed by atoms with Crippen LogP contribution < -0.4 is 5.73 Å². The van der Waals surface area contributed by atoms with Crippen LogP contribution in [0.1, 0.15) is 25.8 Å². The topological polar surface area (TPSA) is 47.1 Å². The summed E-state index contributed by atoms with van der Waals surface area (Å²) in [7, 11) is 4.05. The van der Waals surface area contributed by atoms with Crippen LogP contribution in [0.5, 0.6) is 0 Å². The minimum Gasteiger partial charge on any atom is -0.329 e. The van der Waals surface area contributed by atoms with Crippen LogP contribution >= 0.6 is 0 Å². The highest BCUT2D eigenvalue weighted by Gasteiger charge is 2.25. The van der Waals surface area contributed by atoms with Gasteiger partial charge in [-0.3, -0.25) is 9.58 Å². The van der Waals surface area contributed by atoms with Gasteiger partial charge in [0.15, 0.2) is 0 Å². The molecule has 1 atom stereocenters. The zero-order valence-corrected chi connectivity index (χ0v) is 10.2. The summed E-state index contributed by atoms with van der Waals surface area (Å²) < 4.78 is 1.83. The third-order valence-electron chi connectivity index (χ3n) is 3.30. The molecule has 1 unspecified atom stereocenters. The second-order valence-electron chi connectivity index (χ2n) is 4.43. The fourth-order valence-corrected chi connectivity index (χ4v) is 1.59. The molecule has 1 rings (SSSR count). The summed E-state index contributed by atoms with van der Waals surface area (Å²) in [4.78, 5) is 2.30. The molecular weight excluding hydrogens is 188 g/mol. The third kappa shape index (κ3) is 2.79. The molecule has 0 aliphatic carbocycles. The third-order valence-corrected chi connectivity index (χ3v) is 3.30. The van der Waals surface area contributed by atoms with Gasteiger partial charge in [-0.25, -0.2) is 0 Å². The Kier molecular flexibility index (Phi) is 3.88. The van der Waals surface area contributed by atoms with Crippen molar-refractivity contribution < 1.29 is 0 Å². The van der Waals surface area contributed by atoms with Gasteiger partial charge in [0.2, 0.25) is 0 Å². The Morgan fingerprint density at radius 2 is 2.27 bits per heavy atom. The number of rotatable bonds is 5. The molecule has 2 N–H and O–H groups in total. The van der Waals surface area contributed by atoms with Gasteiger partial charge in [-0.05, 0) is 20.4 Å². The van der Waals surface area contributed by atoms with Crippen LogP contribution in [-0.4, -0.2) is 33.8 Å². The molecule has 1 aromatic heterocycles. The Bertz CT molecular complexity index is 301. The molecule has 0 aliphatic rings. The molecule has 0 radical (unpaired) electrons. The van der Waals surface area contributed by atoms with Gasteiger partial charge < -0.3 is 5.73 Å². The van der Waals surface area contributed by atoms with E-state index in [0.29, 0.717) is 6.54 Å². The maximum atomic E-state index is 5.81. The van der Waals surface area contributed by atoms with Gasteiger partial charge in [0, 0.05) is 37.4 Å². The lowest BCUT2D eigenvalue weighted by atomic mass is 9.97. The SMILES string of the molecule is CCC(C)(CN)N(C)Cc1cnn(C)c1. The van der Waals surface area contributed by atoms with Crippen LogP contribution in [0.25, 0.3) is 0 Å². The number of nitrogens with two attached hydrogens (primary N) is 1. The average molecular weight is 210 g/mol. The summed E-state index contributed by atoms with van der Waals surface area (Å²) in [6, 6.07) is 0. The van der Waals surface area contributed by atoms with E-state index < -0.39 is 0 Å². The molecule has 4 heteroatoms. The van der Waals surface area contributed by atoms with Gasteiger partial charge in [-0.1, -0.05) is 6.92 Å². The predicted octanol–water partition coefficient (Wildman–Crippen LogP) is 0.979. The van der Waals surface area contributed by atoms with Crippen molar-refractivity contribution in [3.05, 3.63) is 18.0 Å². The molecule has 0 bridgehead atoms. The molecule has 0 amide bonds. The van der Waals surface area contributed by atoms with Crippen molar-refractivity contribution >= 4 is 0 Å². The fourth-order valence-electron chi connectivity index (χ4n) is 1.59. The Morgan fingerprint density at radius 3 is 2.67 bits per heavy atom. The maximum Gasteiger partial charge on any atom is 0.0534 e. The lowest BCUT2D eigenvalue weighted by Gasteiger charge is -2.37. The Hall–Kier alpha value is -0.870. The molecule has 0 fully saturated rings. The normalized spacial score (nSPS) is 15.6. The zero-order chi connectivity index (χ0) is 11.5. The standard InChI is InChI=1S/C11H22N4/c1-5-11(2,9-12)14(3)7-10-6-13-15(4)8-10/h6,8H,5,7,9,12H2,1-4H3. The number of hydrogen-bond donors (Lipinski definition) is 1. The highest BCUT2D eigenvalue weighted by Crippen LogP contribution is 2.18. The Balaban J connectivity index is 2.65. The van der Waals surface area contributed by atoms with E-state index in [2.05, 4.69) is 30.9 Å². The average Bonchev–Trinajstić information content (AvgIpc) is 2.62. The summed E-state index contributed by atoms with van der Waals surface area (Å²) in [6.07, 6.45) is 5.01. The van der Waals surface area contributed by atoms with Crippen molar-refractivity contribution in [2.24, 2.45) is 12.8 Å². The molecule has 0 saturated carbocycles. The number of nitrogens with zero attached hydrogens (tertiary/aromatic N) is 3. The van der Waals surface area contributed by atoms with Crippen LogP contribution in [-0.2, 0) is 13.6 Å². The highest BCUT2D eigenvalue weighted by atomic mass is 15.2. The zero-order valence-electron chi connectivity index (χ0n) is 10.2. The first-order chi connectivity index (χ1) is 7.01. The molecule has 15 heavy (non-hydrogen) atoms. The van der Waals surface area contributed by atoms with Gasteiger partial charge in [0.1, 0.15) is 0 Å². The molecule has 1 aromatic rings. The smallest absolute Gasteiger partial charge is 0.0534 e. The lowest BCUT2D eigenvalue weighted by molar-refractivity contribution is 0.131. The van der Waals surface area contributed by atoms with Crippen LogP contribution in [0.4, 0.5) is 0 Å². The Morgan fingerprint density at radius 1 is 1.60 bits per heavy atom. The molecular formula is C11H22N4. The second kappa shape index (κ2) is 4.77. The van der Waals surface area contributed by atoms with Crippen molar-refractivity contribution in [3.63, 3.8) is 0 Å². The minimum absolute atomic E-state index is 0.0792. The number of likely N-dealkylation sites (N-methyl/N-ethyl adjacent to an activating group) is 1. The van der Waals surface area contributed by atoms with E-state index in [0.717, 1.165) is 13.0 Å². The Labute approximate surface area is 92.1 Å². The number of aryl methyl sites for hydroxylation is 1. The van der Waals surface area contributed by atoms with E-state index in [-0.39, 0.29) is 5.54 Å². The predicted molar refractivity (Wildman–Crippen MR) is 62.4 cm³/mol. The van der Waals surface area contributed by atoms with Crippen molar-refractivity contribution in [3.8, 4) is 0 Å². The van der Waals surface area contributed by atoms with Crippen LogP contribution in [0.15, 0.2) is 12.4 Å². The molecule has 1 heterocycles. The first-order valence-electron chi connectivity index (χ1n) is 5.40. The molecule has 0 spiro atoms. The molecule has 4 nitrogen and oxygen atoms in total. The fraction of sp³-hybridized carbons (Fsp3) is 0.727. The summed E-state index contributed by atoms with van der Waals surface area (Å²) in [5.74, 6) is 0. The summed E-state index contributed by atoms with van der Waals surface area (Å²) in [5, 5.41) is 4.16. The van der Waals surface area contributed by atoms with Crippen LogP contribution in [0, 0.1) is 0 Å². The van der Waals surface area contributed by atoms with Gasteiger partial charge in [-0.2, -0.15) is 5.10 Å². The number of hydrogen-bond acceptors (Lipinski definition) is 3. The molecule has 86 valence electrons. The first kappa shape index (κ1) is 12.2. The van der Waals surface area contributed by atoms with Gasteiger partial charge in [0.25, 0.3) is 0 Å². The van der Waals surface area contributed by atoms with Crippen LogP contribution in [0.3, 0.4) is 0 Å². The molecule has 0 aromatic carbocycles. The van der Waals surface area contributed by atoms with Gasteiger partial charge in [0.05, 0.1) is 6.20 Å². The maximum absolute atomic E-state index is 5.81. The van der Waals surface area contributed by atoms with E-state index in [1.165, 1.54) is 5.56 Å². The second-order valence-corrected chi connectivity index (χ2v) is 4.43. The van der Waals surface area contributed by atoms with E-state index in [1.807, 2.05) is 24.1 Å². The van der Waals surface area contributed by atoms with Crippen molar-refractivity contribution in [1.29, 1.82) is 0 Å². The summed E-state index contributed by atoms with van der Waals surface area (Å²) in [6.45, 7) is 5.95. The number of aromatic nitrogens is 2.